The minimum Gasteiger partial charge on any atom is -0.396 e. The minimum atomic E-state index is -0.605. The number of hydrogen-bond acceptors (Lipinski definition) is 7. The number of piperidine rings is 1. The highest BCUT2D eigenvalue weighted by molar-refractivity contribution is 5.91. The maximum absolute atomic E-state index is 10.4. The largest absolute Gasteiger partial charge is 0.396 e. The number of aliphatic hydroxyl groups is 2. The summed E-state index contributed by atoms with van der Waals surface area (Å²) in [5, 5.41) is 19.9. The van der Waals surface area contributed by atoms with E-state index in [2.05, 4.69) is 44.6 Å². The number of rotatable bonds is 4. The molecule has 1 aromatic carbocycles. The molecule has 4 atom stereocenters. The summed E-state index contributed by atoms with van der Waals surface area (Å²) < 4.78 is 2.34. The number of fused-ring (bicyclic) bond motifs is 2. The van der Waals surface area contributed by atoms with E-state index in [0.29, 0.717) is 37.1 Å². The molecule has 1 aliphatic carbocycles. The van der Waals surface area contributed by atoms with Gasteiger partial charge in [0.15, 0.2) is 5.65 Å². The number of hydrogen-bond donors (Lipinski definition) is 3. The Kier molecular flexibility index (Phi) is 5.45. The fraction of sp³-hybridized carbons (Fsp3) is 0.520. The molecule has 0 spiro atoms. The molecule has 1 aliphatic heterocycles. The highest BCUT2D eigenvalue weighted by Crippen LogP contribution is 2.35. The lowest BCUT2D eigenvalue weighted by Gasteiger charge is -2.35. The van der Waals surface area contributed by atoms with Crippen molar-refractivity contribution in [3.8, 4) is 11.3 Å². The molecule has 0 radical (unpaired) electrons. The molecule has 4 heterocycles. The molecule has 6 rings (SSSR count). The van der Waals surface area contributed by atoms with Gasteiger partial charge in [-0.15, -0.1) is 0 Å². The van der Waals surface area contributed by atoms with E-state index in [1.165, 1.54) is 25.7 Å². The molecule has 9 heteroatoms. The van der Waals surface area contributed by atoms with Crippen LogP contribution in [0.25, 0.3) is 33.5 Å². The van der Waals surface area contributed by atoms with E-state index in [1.54, 1.807) is 6.33 Å². The summed E-state index contributed by atoms with van der Waals surface area (Å²) >= 11 is 0. The van der Waals surface area contributed by atoms with Gasteiger partial charge < -0.3 is 24.7 Å². The third kappa shape index (κ3) is 3.73. The first-order valence-electron chi connectivity index (χ1n) is 12.3. The van der Waals surface area contributed by atoms with Gasteiger partial charge in [0.25, 0.3) is 0 Å². The Hall–Kier alpha value is -3.04. The molecular weight excluding hydrogens is 430 g/mol. The summed E-state index contributed by atoms with van der Waals surface area (Å²) in [6, 6.07) is 6.84. The Morgan fingerprint density at radius 1 is 1.15 bits per heavy atom. The van der Waals surface area contributed by atoms with Crippen LogP contribution in [0, 0.1) is 11.8 Å². The van der Waals surface area contributed by atoms with E-state index in [1.807, 2.05) is 11.2 Å². The van der Waals surface area contributed by atoms with Crippen molar-refractivity contribution < 1.29 is 10.2 Å². The molecule has 9 nitrogen and oxygen atoms in total. The fourth-order valence-electron chi connectivity index (χ4n) is 5.67. The Balaban J connectivity index is 1.37. The number of H-pyrrole nitrogens is 1. The second kappa shape index (κ2) is 8.63. The topological polar surface area (TPSA) is 116 Å². The van der Waals surface area contributed by atoms with Gasteiger partial charge in [0, 0.05) is 37.2 Å². The van der Waals surface area contributed by atoms with Crippen molar-refractivity contribution >= 4 is 28.1 Å². The van der Waals surface area contributed by atoms with Gasteiger partial charge in [-0.05, 0) is 37.3 Å². The molecule has 34 heavy (non-hydrogen) atoms. The van der Waals surface area contributed by atoms with Crippen LogP contribution < -0.4 is 4.90 Å². The average Bonchev–Trinajstić information content (AvgIpc) is 3.50. The van der Waals surface area contributed by atoms with Crippen molar-refractivity contribution in [2.45, 2.75) is 51.2 Å². The second-order valence-electron chi connectivity index (χ2n) is 10.00. The average molecular weight is 462 g/mol. The normalized spacial score (nSPS) is 25.9. The second-order valence-corrected chi connectivity index (χ2v) is 10.00. The smallest absolute Gasteiger partial charge is 0.228 e. The summed E-state index contributed by atoms with van der Waals surface area (Å²) in [4.78, 5) is 23.9. The maximum atomic E-state index is 10.4. The number of aromatic nitrogens is 6. The van der Waals surface area contributed by atoms with Crippen LogP contribution in [-0.2, 0) is 0 Å². The quantitative estimate of drug-likeness (QED) is 0.427. The zero-order valence-electron chi connectivity index (χ0n) is 19.4. The minimum absolute atomic E-state index is 0.00682. The lowest BCUT2D eigenvalue weighted by molar-refractivity contribution is 0.0544. The SMILES string of the molecule is C[C@@H]1CCC[C@@H](n2cnc3cc(-c4nc(N5CC[C@H](CO)[C@@H](O)C5)nc5[nH]cnc45)ccc32)C1. The molecule has 0 unspecified atom stereocenters. The third-order valence-corrected chi connectivity index (χ3v) is 7.66. The lowest BCUT2D eigenvalue weighted by Crippen LogP contribution is -2.45. The highest BCUT2D eigenvalue weighted by atomic mass is 16.3. The molecule has 1 saturated carbocycles. The number of β-amino-alcohol motifs (C(OH)–C–C–N with tert-alkyl or cyclic N) is 1. The Labute approximate surface area is 197 Å². The molecule has 178 valence electrons. The van der Waals surface area contributed by atoms with E-state index in [0.717, 1.165) is 33.7 Å². The maximum Gasteiger partial charge on any atom is 0.228 e. The first-order valence-corrected chi connectivity index (χ1v) is 12.3. The van der Waals surface area contributed by atoms with Crippen molar-refractivity contribution in [2.75, 3.05) is 24.6 Å². The van der Waals surface area contributed by atoms with E-state index in [-0.39, 0.29) is 12.5 Å². The summed E-state index contributed by atoms with van der Waals surface area (Å²) in [6.07, 6.45) is 8.71. The van der Waals surface area contributed by atoms with Crippen molar-refractivity contribution in [1.82, 2.24) is 29.5 Å². The number of aromatic amines is 1. The van der Waals surface area contributed by atoms with Crippen LogP contribution in [0.3, 0.4) is 0 Å². The third-order valence-electron chi connectivity index (χ3n) is 7.66. The van der Waals surface area contributed by atoms with Crippen LogP contribution in [-0.4, -0.2) is 65.5 Å². The molecular formula is C25H31N7O2. The zero-order valence-corrected chi connectivity index (χ0v) is 19.4. The summed E-state index contributed by atoms with van der Waals surface area (Å²) in [7, 11) is 0. The van der Waals surface area contributed by atoms with Crippen molar-refractivity contribution in [3.05, 3.63) is 30.9 Å². The number of aliphatic hydroxyl groups excluding tert-OH is 2. The molecule has 3 N–H and O–H groups in total. The first-order chi connectivity index (χ1) is 16.6. The van der Waals surface area contributed by atoms with E-state index < -0.39 is 6.10 Å². The highest BCUT2D eigenvalue weighted by Gasteiger charge is 2.29. The van der Waals surface area contributed by atoms with Gasteiger partial charge in [-0.2, -0.15) is 4.98 Å². The number of nitrogens with one attached hydrogen (secondary N) is 1. The molecule has 3 aromatic heterocycles. The van der Waals surface area contributed by atoms with Crippen molar-refractivity contribution in [1.29, 1.82) is 0 Å². The van der Waals surface area contributed by atoms with E-state index in [9.17, 15) is 10.2 Å². The molecule has 0 amide bonds. The Morgan fingerprint density at radius 2 is 2.06 bits per heavy atom. The predicted molar refractivity (Wildman–Crippen MR) is 130 cm³/mol. The summed E-state index contributed by atoms with van der Waals surface area (Å²) in [6.45, 7) is 3.42. The summed E-state index contributed by atoms with van der Waals surface area (Å²) in [5.74, 6) is 1.21. The predicted octanol–water partition coefficient (Wildman–Crippen LogP) is 3.30. The van der Waals surface area contributed by atoms with Gasteiger partial charge in [0.2, 0.25) is 5.95 Å². The van der Waals surface area contributed by atoms with Gasteiger partial charge in [-0.3, -0.25) is 0 Å². The van der Waals surface area contributed by atoms with Crippen molar-refractivity contribution in [2.24, 2.45) is 11.8 Å². The molecule has 2 aliphatic rings. The number of imidazole rings is 2. The monoisotopic (exact) mass is 461 g/mol. The Bertz CT molecular complexity index is 1320. The van der Waals surface area contributed by atoms with Crippen molar-refractivity contribution in [3.63, 3.8) is 0 Å². The number of nitrogens with zero attached hydrogens (tertiary/aromatic N) is 6. The summed E-state index contributed by atoms with van der Waals surface area (Å²) in [5.41, 5.74) is 5.20. The molecule has 4 aromatic rings. The first kappa shape index (κ1) is 21.5. The van der Waals surface area contributed by atoms with Gasteiger partial charge in [-0.1, -0.05) is 25.8 Å². The van der Waals surface area contributed by atoms with Crippen LogP contribution in [0.5, 0.6) is 0 Å². The van der Waals surface area contributed by atoms with E-state index in [4.69, 9.17) is 9.97 Å². The van der Waals surface area contributed by atoms with Crippen LogP contribution in [0.15, 0.2) is 30.9 Å². The number of benzene rings is 1. The van der Waals surface area contributed by atoms with Gasteiger partial charge in [0.05, 0.1) is 29.8 Å². The number of anilines is 1. The fourth-order valence-corrected chi connectivity index (χ4v) is 5.67. The van der Waals surface area contributed by atoms with Gasteiger partial charge in [-0.25, -0.2) is 15.0 Å². The van der Waals surface area contributed by atoms with Crippen LogP contribution >= 0.6 is 0 Å². The molecule has 1 saturated heterocycles. The van der Waals surface area contributed by atoms with E-state index >= 15 is 0 Å². The van der Waals surface area contributed by atoms with Gasteiger partial charge in [0.1, 0.15) is 11.2 Å². The molecule has 2 fully saturated rings. The zero-order chi connectivity index (χ0) is 23.2. The lowest BCUT2D eigenvalue weighted by atomic mass is 9.87. The molecule has 0 bridgehead atoms. The Morgan fingerprint density at radius 3 is 2.88 bits per heavy atom. The van der Waals surface area contributed by atoms with Crippen LogP contribution in [0.2, 0.25) is 0 Å². The van der Waals surface area contributed by atoms with Gasteiger partial charge >= 0.3 is 0 Å². The van der Waals surface area contributed by atoms with Crippen LogP contribution in [0.4, 0.5) is 5.95 Å². The van der Waals surface area contributed by atoms with Crippen LogP contribution in [0.1, 0.15) is 45.1 Å². The standard InChI is InChI=1S/C25H31N7O2/c1-15-3-2-4-18(9-15)32-14-28-19-10-16(5-6-20(19)32)22-23-24(27-13-26-23)30-25(29-22)31-8-7-17(12-33)21(34)11-31/h5-6,10,13-15,17-18,21,33-34H,2-4,7-9,11-12H2,1H3,(H,26,27,29,30)/t15-,17-,18-,21+/m1/s1.